The summed E-state index contributed by atoms with van der Waals surface area (Å²) in [4.78, 5) is 16.3. The van der Waals surface area contributed by atoms with Crippen LogP contribution >= 0.6 is 0 Å². The SMILES string of the molecule is Cc1cc(=O)c(O)c(CN2CCCC2)n1CCCN(C)C. The third kappa shape index (κ3) is 4.08. The van der Waals surface area contributed by atoms with Crippen molar-refractivity contribution in [2.24, 2.45) is 0 Å². The second-order valence-electron chi connectivity index (χ2n) is 6.24. The summed E-state index contributed by atoms with van der Waals surface area (Å²) < 4.78 is 2.11. The van der Waals surface area contributed by atoms with E-state index >= 15 is 0 Å². The highest BCUT2D eigenvalue weighted by molar-refractivity contribution is 5.29. The van der Waals surface area contributed by atoms with Crippen LogP contribution in [0.15, 0.2) is 10.9 Å². The van der Waals surface area contributed by atoms with Crippen molar-refractivity contribution < 1.29 is 5.11 Å². The number of aromatic hydroxyl groups is 1. The zero-order chi connectivity index (χ0) is 15.4. The average molecular weight is 293 g/mol. The molecule has 5 nitrogen and oxygen atoms in total. The summed E-state index contributed by atoms with van der Waals surface area (Å²) in [7, 11) is 4.11. The lowest BCUT2D eigenvalue weighted by molar-refractivity contribution is 0.305. The van der Waals surface area contributed by atoms with Crippen molar-refractivity contribution in [3.05, 3.63) is 27.7 Å². The summed E-state index contributed by atoms with van der Waals surface area (Å²) in [5, 5.41) is 10.2. The summed E-state index contributed by atoms with van der Waals surface area (Å²) in [6, 6.07) is 1.54. The zero-order valence-corrected chi connectivity index (χ0v) is 13.4. The second kappa shape index (κ2) is 7.09. The minimum atomic E-state index is -0.259. The largest absolute Gasteiger partial charge is 0.503 e. The van der Waals surface area contributed by atoms with Gasteiger partial charge in [-0.1, -0.05) is 0 Å². The molecule has 2 heterocycles. The lowest BCUT2D eigenvalue weighted by Crippen LogP contribution is -2.26. The van der Waals surface area contributed by atoms with Crippen LogP contribution in [0.1, 0.15) is 30.7 Å². The fourth-order valence-electron chi connectivity index (χ4n) is 2.99. The van der Waals surface area contributed by atoms with E-state index in [4.69, 9.17) is 0 Å². The van der Waals surface area contributed by atoms with Gasteiger partial charge in [-0.15, -0.1) is 0 Å². The number of aromatic nitrogens is 1. The second-order valence-corrected chi connectivity index (χ2v) is 6.24. The van der Waals surface area contributed by atoms with E-state index in [1.807, 2.05) is 6.92 Å². The molecule has 2 rings (SSSR count). The van der Waals surface area contributed by atoms with Gasteiger partial charge in [0.05, 0.1) is 5.69 Å². The first kappa shape index (κ1) is 16.0. The molecule has 1 saturated heterocycles. The van der Waals surface area contributed by atoms with E-state index in [9.17, 15) is 9.90 Å². The van der Waals surface area contributed by atoms with Crippen molar-refractivity contribution in [2.45, 2.75) is 39.3 Å². The molecule has 1 aromatic rings. The van der Waals surface area contributed by atoms with Crippen LogP contribution in [-0.2, 0) is 13.1 Å². The maximum atomic E-state index is 11.9. The van der Waals surface area contributed by atoms with Gasteiger partial charge in [-0.05, 0) is 59.9 Å². The number of rotatable bonds is 6. The van der Waals surface area contributed by atoms with E-state index in [2.05, 4.69) is 28.5 Å². The standard InChI is InChI=1S/C16H27N3O2/c1-13-11-15(20)16(21)14(12-18-8-4-5-9-18)19(13)10-6-7-17(2)3/h11,21H,4-10,12H2,1-3H3. The molecule has 0 radical (unpaired) electrons. The molecule has 0 aromatic carbocycles. The highest BCUT2D eigenvalue weighted by Gasteiger charge is 2.18. The van der Waals surface area contributed by atoms with Crippen LogP contribution in [0.5, 0.6) is 5.75 Å². The Morgan fingerprint density at radius 3 is 2.57 bits per heavy atom. The first-order valence-corrected chi connectivity index (χ1v) is 7.78. The van der Waals surface area contributed by atoms with Gasteiger partial charge in [0, 0.05) is 24.8 Å². The van der Waals surface area contributed by atoms with Crippen molar-refractivity contribution in [1.82, 2.24) is 14.4 Å². The van der Waals surface area contributed by atoms with E-state index in [1.54, 1.807) is 6.07 Å². The Bertz CT molecular complexity index is 531. The summed E-state index contributed by atoms with van der Waals surface area (Å²) in [5.74, 6) is -0.0719. The number of aryl methyl sites for hydroxylation is 1. The number of hydrogen-bond donors (Lipinski definition) is 1. The molecule has 0 saturated carbocycles. The van der Waals surface area contributed by atoms with Gasteiger partial charge in [0.25, 0.3) is 0 Å². The van der Waals surface area contributed by atoms with Crippen LogP contribution < -0.4 is 5.43 Å². The predicted molar refractivity (Wildman–Crippen MR) is 84.8 cm³/mol. The fourth-order valence-corrected chi connectivity index (χ4v) is 2.99. The highest BCUT2D eigenvalue weighted by atomic mass is 16.3. The van der Waals surface area contributed by atoms with Gasteiger partial charge in [-0.2, -0.15) is 0 Å². The van der Waals surface area contributed by atoms with E-state index < -0.39 is 0 Å². The molecule has 1 aromatic heterocycles. The van der Waals surface area contributed by atoms with Crippen LogP contribution in [0.25, 0.3) is 0 Å². The predicted octanol–water partition coefficient (Wildman–Crippen LogP) is 1.41. The van der Waals surface area contributed by atoms with E-state index in [0.717, 1.165) is 44.0 Å². The van der Waals surface area contributed by atoms with Gasteiger partial charge < -0.3 is 14.6 Å². The average Bonchev–Trinajstić information content (AvgIpc) is 2.91. The lowest BCUT2D eigenvalue weighted by atomic mass is 10.2. The van der Waals surface area contributed by atoms with Crippen LogP contribution in [0, 0.1) is 6.92 Å². The number of likely N-dealkylation sites (tertiary alicyclic amines) is 1. The molecule has 5 heteroatoms. The van der Waals surface area contributed by atoms with Gasteiger partial charge in [-0.3, -0.25) is 9.69 Å². The molecule has 0 bridgehead atoms. The van der Waals surface area contributed by atoms with Crippen molar-refractivity contribution in [3.8, 4) is 5.75 Å². The van der Waals surface area contributed by atoms with E-state index in [1.165, 1.54) is 12.8 Å². The molecule has 1 N–H and O–H groups in total. The van der Waals surface area contributed by atoms with Crippen molar-refractivity contribution in [2.75, 3.05) is 33.7 Å². The molecular formula is C16H27N3O2. The molecule has 0 spiro atoms. The Morgan fingerprint density at radius 2 is 1.95 bits per heavy atom. The molecule has 21 heavy (non-hydrogen) atoms. The van der Waals surface area contributed by atoms with Crippen molar-refractivity contribution >= 4 is 0 Å². The van der Waals surface area contributed by atoms with Gasteiger partial charge in [0.2, 0.25) is 5.43 Å². The highest BCUT2D eigenvalue weighted by Crippen LogP contribution is 2.20. The van der Waals surface area contributed by atoms with Crippen LogP contribution in [0.3, 0.4) is 0 Å². The molecule has 0 unspecified atom stereocenters. The van der Waals surface area contributed by atoms with Gasteiger partial charge >= 0.3 is 0 Å². The molecule has 0 amide bonds. The van der Waals surface area contributed by atoms with Crippen LogP contribution in [-0.4, -0.2) is 53.2 Å². The third-order valence-electron chi connectivity index (χ3n) is 4.16. The normalized spacial score (nSPS) is 16.0. The van der Waals surface area contributed by atoms with E-state index in [-0.39, 0.29) is 11.2 Å². The van der Waals surface area contributed by atoms with Crippen LogP contribution in [0.2, 0.25) is 0 Å². The number of hydrogen-bond acceptors (Lipinski definition) is 4. The smallest absolute Gasteiger partial charge is 0.223 e. The van der Waals surface area contributed by atoms with Gasteiger partial charge in [-0.25, -0.2) is 0 Å². The summed E-state index contributed by atoms with van der Waals surface area (Å²) in [6.45, 7) is 6.56. The molecule has 1 aliphatic heterocycles. The molecular weight excluding hydrogens is 266 g/mol. The topological polar surface area (TPSA) is 48.7 Å². The Kier molecular flexibility index (Phi) is 5.42. The minimum absolute atomic E-state index is 0.0719. The Hall–Kier alpha value is -1.33. The zero-order valence-electron chi connectivity index (χ0n) is 13.4. The van der Waals surface area contributed by atoms with Gasteiger partial charge in [0.15, 0.2) is 5.75 Å². The first-order valence-electron chi connectivity index (χ1n) is 7.78. The summed E-state index contributed by atoms with van der Waals surface area (Å²) >= 11 is 0. The van der Waals surface area contributed by atoms with Gasteiger partial charge in [0.1, 0.15) is 0 Å². The van der Waals surface area contributed by atoms with Crippen LogP contribution in [0.4, 0.5) is 0 Å². The fraction of sp³-hybridized carbons (Fsp3) is 0.688. The Labute approximate surface area is 126 Å². The minimum Gasteiger partial charge on any atom is -0.503 e. The van der Waals surface area contributed by atoms with E-state index in [0.29, 0.717) is 6.54 Å². The first-order chi connectivity index (χ1) is 9.99. The Balaban J connectivity index is 2.23. The summed E-state index contributed by atoms with van der Waals surface area (Å²) in [6.07, 6.45) is 3.41. The number of pyridine rings is 1. The maximum Gasteiger partial charge on any atom is 0.223 e. The Morgan fingerprint density at radius 1 is 1.29 bits per heavy atom. The lowest BCUT2D eigenvalue weighted by Gasteiger charge is -2.22. The quantitative estimate of drug-likeness (QED) is 0.861. The molecule has 1 fully saturated rings. The summed E-state index contributed by atoms with van der Waals surface area (Å²) in [5.41, 5.74) is 1.46. The number of nitrogens with zero attached hydrogens (tertiary/aromatic N) is 3. The van der Waals surface area contributed by atoms with Crippen molar-refractivity contribution in [3.63, 3.8) is 0 Å². The molecule has 0 atom stereocenters. The molecule has 0 aliphatic carbocycles. The molecule has 1 aliphatic rings. The monoisotopic (exact) mass is 293 g/mol. The molecule has 118 valence electrons. The van der Waals surface area contributed by atoms with Crippen molar-refractivity contribution in [1.29, 1.82) is 0 Å². The third-order valence-corrected chi connectivity index (χ3v) is 4.16. The maximum absolute atomic E-state index is 11.9.